The highest BCUT2D eigenvalue weighted by atomic mass is 35.5. The minimum Gasteiger partial charge on any atom is -0.472 e. The van der Waals surface area contributed by atoms with Crippen molar-refractivity contribution in [3.8, 4) is 5.88 Å². The van der Waals surface area contributed by atoms with Gasteiger partial charge >= 0.3 is 0 Å². The van der Waals surface area contributed by atoms with Crippen molar-refractivity contribution < 1.29 is 14.2 Å². The van der Waals surface area contributed by atoms with Crippen LogP contribution in [0.25, 0.3) is 10.8 Å². The van der Waals surface area contributed by atoms with Crippen molar-refractivity contribution in [2.75, 3.05) is 20.8 Å². The van der Waals surface area contributed by atoms with Crippen LogP contribution in [0, 0.1) is 0 Å². The van der Waals surface area contributed by atoms with E-state index in [-0.39, 0.29) is 6.61 Å². The fraction of sp³-hybridized carbons (Fsp3) is 0.308. The zero-order valence-corrected chi connectivity index (χ0v) is 11.0. The number of halogens is 1. The molecule has 0 aliphatic heterocycles. The van der Waals surface area contributed by atoms with Crippen molar-refractivity contribution in [1.29, 1.82) is 0 Å². The summed E-state index contributed by atoms with van der Waals surface area (Å²) in [5.41, 5.74) is 0. The predicted molar refractivity (Wildman–Crippen MR) is 70.1 cm³/mol. The molecule has 18 heavy (non-hydrogen) atoms. The SMILES string of the molecule is COC(COc1nc(Cl)cc2ccccc12)OC. The average molecular weight is 268 g/mol. The molecule has 0 atom stereocenters. The van der Waals surface area contributed by atoms with E-state index in [0.717, 1.165) is 10.8 Å². The van der Waals surface area contributed by atoms with Crippen molar-refractivity contribution in [3.05, 3.63) is 35.5 Å². The number of hydrogen-bond acceptors (Lipinski definition) is 4. The first-order valence-electron chi connectivity index (χ1n) is 5.48. The minimum atomic E-state index is -0.426. The summed E-state index contributed by atoms with van der Waals surface area (Å²) in [7, 11) is 3.11. The van der Waals surface area contributed by atoms with E-state index in [0.29, 0.717) is 11.0 Å². The van der Waals surface area contributed by atoms with E-state index in [1.807, 2.05) is 24.3 Å². The average Bonchev–Trinajstić information content (AvgIpc) is 2.39. The van der Waals surface area contributed by atoms with Gasteiger partial charge in [-0.15, -0.1) is 0 Å². The highest BCUT2D eigenvalue weighted by Crippen LogP contribution is 2.26. The molecule has 2 rings (SSSR count). The Labute approximate surface area is 110 Å². The topological polar surface area (TPSA) is 40.6 Å². The second-order valence-electron chi connectivity index (χ2n) is 3.68. The molecule has 0 aliphatic rings. The molecule has 4 nitrogen and oxygen atoms in total. The molecule has 0 amide bonds. The molecule has 0 aliphatic carbocycles. The fourth-order valence-electron chi connectivity index (χ4n) is 1.62. The van der Waals surface area contributed by atoms with Gasteiger partial charge in [0, 0.05) is 19.6 Å². The summed E-state index contributed by atoms with van der Waals surface area (Å²) in [5.74, 6) is 0.484. The Kier molecular flexibility index (Phi) is 4.36. The summed E-state index contributed by atoms with van der Waals surface area (Å²) in [4.78, 5) is 4.17. The van der Waals surface area contributed by atoms with E-state index in [4.69, 9.17) is 25.8 Å². The van der Waals surface area contributed by atoms with Crippen LogP contribution in [0.15, 0.2) is 30.3 Å². The van der Waals surface area contributed by atoms with E-state index in [9.17, 15) is 0 Å². The molecule has 0 saturated carbocycles. The van der Waals surface area contributed by atoms with Crippen LogP contribution in [0.4, 0.5) is 0 Å². The monoisotopic (exact) mass is 267 g/mol. The summed E-state index contributed by atoms with van der Waals surface area (Å²) in [5, 5.41) is 2.29. The Morgan fingerprint density at radius 3 is 2.67 bits per heavy atom. The number of ether oxygens (including phenoxy) is 3. The Bertz CT molecular complexity index is 529. The van der Waals surface area contributed by atoms with Crippen molar-refractivity contribution >= 4 is 22.4 Å². The first kappa shape index (κ1) is 13.1. The van der Waals surface area contributed by atoms with Crippen molar-refractivity contribution in [2.24, 2.45) is 0 Å². The first-order chi connectivity index (χ1) is 8.74. The Hall–Kier alpha value is -1.36. The van der Waals surface area contributed by atoms with Crippen LogP contribution in [0.2, 0.25) is 5.15 Å². The number of aromatic nitrogens is 1. The molecule has 0 saturated heterocycles. The zero-order chi connectivity index (χ0) is 13.0. The third kappa shape index (κ3) is 2.90. The number of fused-ring (bicyclic) bond motifs is 1. The third-order valence-corrected chi connectivity index (χ3v) is 2.75. The summed E-state index contributed by atoms with van der Waals surface area (Å²) in [6, 6.07) is 9.56. The largest absolute Gasteiger partial charge is 0.472 e. The van der Waals surface area contributed by atoms with Gasteiger partial charge in [-0.2, -0.15) is 0 Å². The standard InChI is InChI=1S/C13H14ClNO3/c1-16-12(17-2)8-18-13-10-6-4-3-5-9(10)7-11(14)15-13/h3-7,12H,8H2,1-2H3. The van der Waals surface area contributed by atoms with Crippen LogP contribution in [-0.4, -0.2) is 32.1 Å². The zero-order valence-electron chi connectivity index (χ0n) is 10.2. The normalized spacial score (nSPS) is 11.1. The van der Waals surface area contributed by atoms with E-state index < -0.39 is 6.29 Å². The second-order valence-corrected chi connectivity index (χ2v) is 4.07. The molecule has 5 heteroatoms. The minimum absolute atomic E-state index is 0.254. The number of pyridine rings is 1. The van der Waals surface area contributed by atoms with Crippen molar-refractivity contribution in [1.82, 2.24) is 4.98 Å². The lowest BCUT2D eigenvalue weighted by Crippen LogP contribution is -2.22. The summed E-state index contributed by atoms with van der Waals surface area (Å²) >= 11 is 5.95. The highest BCUT2D eigenvalue weighted by Gasteiger charge is 2.10. The van der Waals surface area contributed by atoms with Gasteiger partial charge in [0.15, 0.2) is 6.29 Å². The summed E-state index contributed by atoms with van der Waals surface area (Å²) < 4.78 is 15.7. The highest BCUT2D eigenvalue weighted by molar-refractivity contribution is 6.30. The molecule has 1 heterocycles. The smallest absolute Gasteiger partial charge is 0.222 e. The van der Waals surface area contributed by atoms with Gasteiger partial charge in [0.1, 0.15) is 11.8 Å². The molecule has 0 unspecified atom stereocenters. The van der Waals surface area contributed by atoms with Gasteiger partial charge in [-0.05, 0) is 17.5 Å². The molecule has 1 aromatic heterocycles. The fourth-order valence-corrected chi connectivity index (χ4v) is 1.82. The molecular weight excluding hydrogens is 254 g/mol. The molecular formula is C13H14ClNO3. The molecule has 96 valence electrons. The number of nitrogens with zero attached hydrogens (tertiary/aromatic N) is 1. The lowest BCUT2D eigenvalue weighted by Gasteiger charge is -2.15. The number of rotatable bonds is 5. The van der Waals surface area contributed by atoms with E-state index in [1.54, 1.807) is 20.3 Å². The molecule has 0 spiro atoms. The third-order valence-electron chi connectivity index (χ3n) is 2.56. The number of benzene rings is 1. The van der Waals surface area contributed by atoms with Gasteiger partial charge in [0.25, 0.3) is 0 Å². The molecule has 0 fully saturated rings. The van der Waals surface area contributed by atoms with Crippen LogP contribution in [0.3, 0.4) is 0 Å². The summed E-state index contributed by atoms with van der Waals surface area (Å²) in [6.07, 6.45) is -0.426. The van der Waals surface area contributed by atoms with Crippen molar-refractivity contribution in [3.63, 3.8) is 0 Å². The second kappa shape index (κ2) is 6.00. The van der Waals surface area contributed by atoms with Crippen LogP contribution in [0.1, 0.15) is 0 Å². The Morgan fingerprint density at radius 1 is 1.22 bits per heavy atom. The maximum absolute atomic E-state index is 5.95. The van der Waals surface area contributed by atoms with Crippen LogP contribution in [0.5, 0.6) is 5.88 Å². The van der Waals surface area contributed by atoms with E-state index >= 15 is 0 Å². The lowest BCUT2D eigenvalue weighted by atomic mass is 10.2. The lowest BCUT2D eigenvalue weighted by molar-refractivity contribution is -0.122. The van der Waals surface area contributed by atoms with Gasteiger partial charge in [-0.1, -0.05) is 29.8 Å². The summed E-state index contributed by atoms with van der Waals surface area (Å²) in [6.45, 7) is 0.254. The van der Waals surface area contributed by atoms with E-state index in [2.05, 4.69) is 4.98 Å². The number of methoxy groups -OCH3 is 2. The predicted octanol–water partition coefficient (Wildman–Crippen LogP) is 2.89. The molecule has 0 N–H and O–H groups in total. The molecule has 0 bridgehead atoms. The van der Waals surface area contributed by atoms with Crippen LogP contribution >= 0.6 is 11.6 Å². The Balaban J connectivity index is 2.26. The van der Waals surface area contributed by atoms with Crippen LogP contribution in [-0.2, 0) is 9.47 Å². The quantitative estimate of drug-likeness (QED) is 0.617. The van der Waals surface area contributed by atoms with Gasteiger partial charge < -0.3 is 14.2 Å². The van der Waals surface area contributed by atoms with E-state index in [1.165, 1.54) is 0 Å². The number of hydrogen-bond donors (Lipinski definition) is 0. The van der Waals surface area contributed by atoms with Gasteiger partial charge in [0.2, 0.25) is 5.88 Å². The van der Waals surface area contributed by atoms with Gasteiger partial charge in [-0.3, -0.25) is 0 Å². The maximum atomic E-state index is 5.95. The molecule has 0 radical (unpaired) electrons. The van der Waals surface area contributed by atoms with Crippen LogP contribution < -0.4 is 4.74 Å². The molecule has 2 aromatic rings. The van der Waals surface area contributed by atoms with Gasteiger partial charge in [-0.25, -0.2) is 4.98 Å². The van der Waals surface area contributed by atoms with Crippen molar-refractivity contribution in [2.45, 2.75) is 6.29 Å². The molecule has 1 aromatic carbocycles. The van der Waals surface area contributed by atoms with Gasteiger partial charge in [0.05, 0.1) is 0 Å². The first-order valence-corrected chi connectivity index (χ1v) is 5.86. The Morgan fingerprint density at radius 2 is 1.94 bits per heavy atom. The maximum Gasteiger partial charge on any atom is 0.222 e.